The van der Waals surface area contributed by atoms with Crippen molar-refractivity contribution in [2.24, 2.45) is 0 Å². The third kappa shape index (κ3) is 3.89. The summed E-state index contributed by atoms with van der Waals surface area (Å²) in [4.78, 5) is 25.8. The smallest absolute Gasteiger partial charge is 0.253 e. The van der Waals surface area contributed by atoms with E-state index < -0.39 is 0 Å². The highest BCUT2D eigenvalue weighted by atomic mass is 79.9. The molecule has 0 unspecified atom stereocenters. The summed E-state index contributed by atoms with van der Waals surface area (Å²) >= 11 is 3.40. The molecular formula is C21H20BrN5O2. The lowest BCUT2D eigenvalue weighted by molar-refractivity contribution is 0.0746. The zero-order chi connectivity index (χ0) is 19.8. The van der Waals surface area contributed by atoms with Crippen LogP contribution in [0.15, 0.2) is 51.6 Å². The summed E-state index contributed by atoms with van der Waals surface area (Å²) in [7, 11) is 0. The van der Waals surface area contributed by atoms with Gasteiger partial charge in [-0.25, -0.2) is 4.98 Å². The maximum atomic E-state index is 12.7. The molecule has 1 saturated carbocycles. The van der Waals surface area contributed by atoms with E-state index in [1.165, 1.54) is 0 Å². The predicted octanol–water partition coefficient (Wildman–Crippen LogP) is 3.73. The van der Waals surface area contributed by atoms with Gasteiger partial charge in [-0.15, -0.1) is 0 Å². The SMILES string of the molecule is O=C(c1ccc(Br)cc1)N1CCN(c2ccc(-c3noc(C4CC4)n3)cn2)CC1. The third-order valence-corrected chi connectivity index (χ3v) is 5.89. The van der Waals surface area contributed by atoms with Gasteiger partial charge < -0.3 is 14.3 Å². The number of aromatic nitrogens is 3. The Kier molecular flexibility index (Phi) is 4.79. The van der Waals surface area contributed by atoms with Crippen molar-refractivity contribution in [1.29, 1.82) is 0 Å². The molecule has 29 heavy (non-hydrogen) atoms. The van der Waals surface area contributed by atoms with Crippen molar-refractivity contribution in [3.05, 3.63) is 58.5 Å². The first-order chi connectivity index (χ1) is 14.2. The molecular weight excluding hydrogens is 434 g/mol. The fourth-order valence-electron chi connectivity index (χ4n) is 3.47. The van der Waals surface area contributed by atoms with Crippen molar-refractivity contribution in [3.8, 4) is 11.4 Å². The van der Waals surface area contributed by atoms with Crippen LogP contribution in [0.1, 0.15) is 35.0 Å². The first kappa shape index (κ1) is 18.3. The number of anilines is 1. The van der Waals surface area contributed by atoms with Gasteiger partial charge in [0.15, 0.2) is 0 Å². The van der Waals surface area contributed by atoms with E-state index in [4.69, 9.17) is 4.52 Å². The molecule has 2 aromatic heterocycles. The molecule has 0 radical (unpaired) electrons. The molecule has 2 fully saturated rings. The molecule has 2 aliphatic rings. The van der Waals surface area contributed by atoms with Crippen LogP contribution in [0.4, 0.5) is 5.82 Å². The normalized spacial score (nSPS) is 16.9. The molecule has 1 aliphatic carbocycles. The van der Waals surface area contributed by atoms with E-state index >= 15 is 0 Å². The molecule has 3 heterocycles. The number of pyridine rings is 1. The molecule has 1 amide bonds. The lowest BCUT2D eigenvalue weighted by Gasteiger charge is -2.35. The highest BCUT2D eigenvalue weighted by Crippen LogP contribution is 2.39. The molecule has 3 aromatic rings. The zero-order valence-corrected chi connectivity index (χ0v) is 17.4. The first-order valence-electron chi connectivity index (χ1n) is 9.77. The van der Waals surface area contributed by atoms with Crippen LogP contribution < -0.4 is 4.90 Å². The van der Waals surface area contributed by atoms with E-state index in [9.17, 15) is 4.79 Å². The summed E-state index contributed by atoms with van der Waals surface area (Å²) < 4.78 is 6.30. The minimum atomic E-state index is 0.0732. The van der Waals surface area contributed by atoms with Crippen molar-refractivity contribution >= 4 is 27.7 Å². The Hall–Kier alpha value is -2.74. The summed E-state index contributed by atoms with van der Waals surface area (Å²) in [6, 6.07) is 11.5. The fraction of sp³-hybridized carbons (Fsp3) is 0.333. The highest BCUT2D eigenvalue weighted by molar-refractivity contribution is 9.10. The van der Waals surface area contributed by atoms with Crippen LogP contribution in [-0.4, -0.2) is 52.1 Å². The zero-order valence-electron chi connectivity index (χ0n) is 15.8. The van der Waals surface area contributed by atoms with Crippen LogP contribution >= 0.6 is 15.9 Å². The van der Waals surface area contributed by atoms with Gasteiger partial charge in [-0.2, -0.15) is 4.98 Å². The second-order valence-electron chi connectivity index (χ2n) is 7.42. The van der Waals surface area contributed by atoms with Gasteiger partial charge in [0.2, 0.25) is 11.7 Å². The topological polar surface area (TPSA) is 75.4 Å². The Bertz CT molecular complexity index is 1010. The lowest BCUT2D eigenvalue weighted by atomic mass is 10.2. The summed E-state index contributed by atoms with van der Waals surface area (Å²) in [6.45, 7) is 2.85. The van der Waals surface area contributed by atoms with Gasteiger partial charge in [-0.05, 0) is 49.2 Å². The van der Waals surface area contributed by atoms with Crippen LogP contribution in [0.2, 0.25) is 0 Å². The summed E-state index contributed by atoms with van der Waals surface area (Å²) in [5, 5.41) is 4.07. The number of benzene rings is 1. The van der Waals surface area contributed by atoms with Gasteiger partial charge in [-0.3, -0.25) is 4.79 Å². The second kappa shape index (κ2) is 7.59. The minimum absolute atomic E-state index is 0.0732. The molecule has 8 heteroatoms. The maximum Gasteiger partial charge on any atom is 0.253 e. The van der Waals surface area contributed by atoms with Gasteiger partial charge in [0.1, 0.15) is 5.82 Å². The molecule has 0 spiro atoms. The van der Waals surface area contributed by atoms with Crippen LogP contribution in [0.5, 0.6) is 0 Å². The van der Waals surface area contributed by atoms with Crippen molar-refractivity contribution in [2.75, 3.05) is 31.1 Å². The summed E-state index contributed by atoms with van der Waals surface area (Å²) in [6.07, 6.45) is 4.06. The predicted molar refractivity (Wildman–Crippen MR) is 112 cm³/mol. The monoisotopic (exact) mass is 453 g/mol. The number of nitrogens with zero attached hydrogens (tertiary/aromatic N) is 5. The Labute approximate surface area is 176 Å². The molecule has 1 aliphatic heterocycles. The Morgan fingerprint density at radius 2 is 1.79 bits per heavy atom. The Morgan fingerprint density at radius 1 is 1.03 bits per heavy atom. The number of piperazine rings is 1. The van der Waals surface area contributed by atoms with Crippen LogP contribution in [-0.2, 0) is 0 Å². The second-order valence-corrected chi connectivity index (χ2v) is 8.34. The number of hydrogen-bond donors (Lipinski definition) is 0. The first-order valence-corrected chi connectivity index (χ1v) is 10.6. The molecule has 148 valence electrons. The van der Waals surface area contributed by atoms with Crippen molar-refractivity contribution in [3.63, 3.8) is 0 Å². The number of rotatable bonds is 4. The number of carbonyl (C=O) groups excluding carboxylic acids is 1. The van der Waals surface area contributed by atoms with E-state index in [0.29, 0.717) is 24.8 Å². The highest BCUT2D eigenvalue weighted by Gasteiger charge is 2.30. The average molecular weight is 454 g/mol. The Balaban J connectivity index is 1.21. The molecule has 7 nitrogen and oxygen atoms in total. The van der Waals surface area contributed by atoms with Crippen LogP contribution in [0.25, 0.3) is 11.4 Å². The molecule has 5 rings (SSSR count). The van der Waals surface area contributed by atoms with E-state index in [0.717, 1.165) is 53.2 Å². The van der Waals surface area contributed by atoms with E-state index in [2.05, 4.69) is 36.0 Å². The average Bonchev–Trinajstić information content (AvgIpc) is 3.51. The maximum absolute atomic E-state index is 12.7. The number of halogens is 1. The van der Waals surface area contributed by atoms with Crippen molar-refractivity contribution in [2.45, 2.75) is 18.8 Å². The fourth-order valence-corrected chi connectivity index (χ4v) is 3.73. The number of amides is 1. The van der Waals surface area contributed by atoms with Gasteiger partial charge in [0.05, 0.1) is 0 Å². The van der Waals surface area contributed by atoms with Crippen LogP contribution in [0.3, 0.4) is 0 Å². The van der Waals surface area contributed by atoms with E-state index in [1.807, 2.05) is 41.3 Å². The quantitative estimate of drug-likeness (QED) is 0.598. The molecule has 0 N–H and O–H groups in total. The number of hydrogen-bond acceptors (Lipinski definition) is 6. The van der Waals surface area contributed by atoms with Gasteiger partial charge in [0.25, 0.3) is 5.91 Å². The molecule has 0 bridgehead atoms. The molecule has 0 atom stereocenters. The number of carbonyl (C=O) groups is 1. The molecule has 1 saturated heterocycles. The Morgan fingerprint density at radius 3 is 2.45 bits per heavy atom. The summed E-state index contributed by atoms with van der Waals surface area (Å²) in [5.41, 5.74) is 1.57. The lowest BCUT2D eigenvalue weighted by Crippen LogP contribution is -2.49. The van der Waals surface area contributed by atoms with Crippen LogP contribution in [0, 0.1) is 0 Å². The van der Waals surface area contributed by atoms with Gasteiger partial charge in [-0.1, -0.05) is 21.1 Å². The minimum Gasteiger partial charge on any atom is -0.353 e. The standard InChI is InChI=1S/C21H20BrN5O2/c22-17-6-3-15(4-7-17)21(28)27-11-9-26(10-12-27)18-8-5-16(13-23-18)19-24-20(29-25-19)14-1-2-14/h3-8,13-14H,1-2,9-12H2. The van der Waals surface area contributed by atoms with E-state index in [-0.39, 0.29) is 5.91 Å². The van der Waals surface area contributed by atoms with E-state index in [1.54, 1.807) is 6.20 Å². The largest absolute Gasteiger partial charge is 0.353 e. The van der Waals surface area contributed by atoms with Gasteiger partial charge >= 0.3 is 0 Å². The van der Waals surface area contributed by atoms with Crippen molar-refractivity contribution in [1.82, 2.24) is 20.0 Å². The van der Waals surface area contributed by atoms with Crippen molar-refractivity contribution < 1.29 is 9.32 Å². The summed E-state index contributed by atoms with van der Waals surface area (Å²) in [5.74, 6) is 2.74. The molecule has 1 aromatic carbocycles. The third-order valence-electron chi connectivity index (χ3n) is 5.36. The van der Waals surface area contributed by atoms with Gasteiger partial charge in [0, 0.05) is 53.9 Å².